The summed E-state index contributed by atoms with van der Waals surface area (Å²) in [4.78, 5) is 55.3. The van der Waals surface area contributed by atoms with Crippen molar-refractivity contribution in [3.05, 3.63) is 180 Å². The fraction of sp³-hybridized carbons (Fsp3) is 0.192. The summed E-state index contributed by atoms with van der Waals surface area (Å²) in [6.07, 6.45) is 0.289. The first-order valence-electron chi connectivity index (χ1n) is 23.4. The van der Waals surface area contributed by atoms with Gasteiger partial charge in [0.05, 0.1) is 43.2 Å². The Morgan fingerprint density at radius 3 is 1.58 bits per heavy atom. The third kappa shape index (κ3) is 14.1. The van der Waals surface area contributed by atoms with Crippen molar-refractivity contribution in [3.63, 3.8) is 0 Å². The molecule has 6 amide bonds. The Morgan fingerprint density at radius 1 is 0.618 bits per heavy atom. The van der Waals surface area contributed by atoms with Crippen LogP contribution in [0.4, 0.5) is 21.0 Å². The molecule has 8 aromatic rings. The van der Waals surface area contributed by atoms with Gasteiger partial charge < -0.3 is 35.6 Å². The molecule has 6 aromatic carbocycles. The number of H-pyrrole nitrogens is 1. The first kappa shape index (κ1) is 54.9. The van der Waals surface area contributed by atoms with Gasteiger partial charge in [0.2, 0.25) is 11.8 Å². The molecule has 2 aromatic heterocycles. The molecule has 0 aliphatic heterocycles. The highest BCUT2D eigenvalue weighted by atomic mass is 32.2. The molecule has 0 spiro atoms. The average Bonchev–Trinajstić information content (AvgIpc) is 4.04. The maximum absolute atomic E-state index is 13.5. The molecule has 2 atom stereocenters. The number of carbonyl (C=O) groups is 4. The summed E-state index contributed by atoms with van der Waals surface area (Å²) >= 11 is 0. The van der Waals surface area contributed by atoms with Gasteiger partial charge in [0.15, 0.2) is 0 Å². The predicted octanol–water partition coefficient (Wildman–Crippen LogP) is 4.65. The molecule has 8 N–H and O–H groups in total. The maximum atomic E-state index is 13.5. The zero-order valence-corrected chi connectivity index (χ0v) is 43.3. The monoisotopic (exact) mass is 1070 g/mol. The number of benzene rings is 6. The Kier molecular flexibility index (Phi) is 18.0. The lowest BCUT2D eigenvalue weighted by atomic mass is 10.0. The Hall–Kier alpha value is -8.84. The Balaban J connectivity index is 0.000000221. The van der Waals surface area contributed by atoms with Gasteiger partial charge in [-0.15, -0.1) is 4.09 Å². The Labute approximate surface area is 438 Å². The lowest BCUT2D eigenvalue weighted by Gasteiger charge is -2.25. The minimum Gasteiger partial charge on any atom is -0.497 e. The second-order valence-corrected chi connectivity index (χ2v) is 19.9. The van der Waals surface area contributed by atoms with E-state index in [1.807, 2.05) is 88.3 Å². The van der Waals surface area contributed by atoms with Crippen molar-refractivity contribution < 1.29 is 45.5 Å². The maximum Gasteiger partial charge on any atom is 0.347 e. The molecule has 0 saturated heterocycles. The highest BCUT2D eigenvalue weighted by molar-refractivity contribution is 7.88. The Bertz CT molecular complexity index is 3510. The number of urea groups is 2. The number of amides is 6. The summed E-state index contributed by atoms with van der Waals surface area (Å²) in [5.74, 6) is 0.390. The molecule has 24 heteroatoms. The molecule has 0 aliphatic carbocycles. The van der Waals surface area contributed by atoms with Crippen LogP contribution in [0.5, 0.6) is 11.5 Å². The number of nitrogens with one attached hydrogen (secondary N) is 6. The highest BCUT2D eigenvalue weighted by Gasteiger charge is 2.30. The van der Waals surface area contributed by atoms with E-state index in [0.717, 1.165) is 20.6 Å². The molecule has 0 fully saturated rings. The fourth-order valence-electron chi connectivity index (χ4n) is 7.88. The molecule has 0 unspecified atom stereocenters. The van der Waals surface area contributed by atoms with E-state index in [2.05, 4.69) is 30.7 Å². The predicted molar refractivity (Wildman–Crippen MR) is 288 cm³/mol. The van der Waals surface area contributed by atoms with Gasteiger partial charge in [-0.1, -0.05) is 97.1 Å². The zero-order valence-electron chi connectivity index (χ0n) is 41.7. The van der Waals surface area contributed by atoms with Crippen LogP contribution >= 0.6 is 0 Å². The number of carbonyl (C=O) groups excluding carboxylic acids is 4. The lowest BCUT2D eigenvalue weighted by molar-refractivity contribution is -0.120. The van der Waals surface area contributed by atoms with E-state index in [9.17, 15) is 36.0 Å². The van der Waals surface area contributed by atoms with Crippen LogP contribution in [0.25, 0.3) is 21.8 Å². The molecule has 0 radical (unpaired) electrons. The van der Waals surface area contributed by atoms with Crippen molar-refractivity contribution in [1.29, 1.82) is 0 Å². The number of aromatic nitrogens is 4. The zero-order chi connectivity index (χ0) is 54.4. The second kappa shape index (κ2) is 24.9. The van der Waals surface area contributed by atoms with Crippen LogP contribution < -0.4 is 49.8 Å². The average molecular weight is 1070 g/mol. The van der Waals surface area contributed by atoms with Gasteiger partial charge in [0, 0.05) is 55.6 Å². The SMILES string of the molecule is COc1ccc(N(C)C(=O)[C@H](Cc2ccccc2)NC(=O)NS(=O)(=O)NCc2[nH]nc3ccccc23)cc1.COc1ccc(N(C)C(=O)[C@H](Cc2ccccc2)NC(=O)NS(=O)(=O)n2nc(CN)c3ccccc32)cc1. The molecule has 8 rings (SSSR count). The minimum absolute atomic E-state index is 0.0145. The van der Waals surface area contributed by atoms with Crippen LogP contribution in [0.3, 0.4) is 0 Å². The number of methoxy groups -OCH3 is 2. The molecule has 22 nitrogen and oxygen atoms in total. The first-order valence-corrected chi connectivity index (χ1v) is 26.3. The van der Waals surface area contributed by atoms with E-state index in [0.29, 0.717) is 45.2 Å². The van der Waals surface area contributed by atoms with Gasteiger partial charge in [-0.25, -0.2) is 19.0 Å². The summed E-state index contributed by atoms with van der Waals surface area (Å²) in [7, 11) is -2.46. The molecule has 76 heavy (non-hydrogen) atoms. The van der Waals surface area contributed by atoms with Crippen LogP contribution in [0, 0.1) is 0 Å². The summed E-state index contributed by atoms with van der Waals surface area (Å²) in [6, 6.07) is 41.5. The van der Waals surface area contributed by atoms with E-state index in [-0.39, 0.29) is 31.4 Å². The molecular formula is C52H56N12O10S2. The lowest BCUT2D eigenvalue weighted by Crippen LogP contribution is -2.54. The van der Waals surface area contributed by atoms with E-state index < -0.39 is 56.4 Å². The molecule has 0 aliphatic rings. The number of para-hydroxylation sites is 2. The van der Waals surface area contributed by atoms with Crippen molar-refractivity contribution >= 4 is 77.5 Å². The minimum atomic E-state index is -4.45. The summed E-state index contributed by atoms with van der Waals surface area (Å²) < 4.78 is 68.6. The first-order chi connectivity index (χ1) is 36.5. The van der Waals surface area contributed by atoms with E-state index in [1.165, 1.54) is 9.80 Å². The van der Waals surface area contributed by atoms with Gasteiger partial charge in [-0.3, -0.25) is 14.7 Å². The number of hydrogen-bond acceptors (Lipinski definition) is 13. The van der Waals surface area contributed by atoms with Crippen LogP contribution in [-0.4, -0.2) is 100 Å². The number of ether oxygens (including phenoxy) is 2. The van der Waals surface area contributed by atoms with Crippen molar-refractivity contribution in [3.8, 4) is 11.5 Å². The summed E-state index contributed by atoms with van der Waals surface area (Å²) in [6.45, 7) is -0.101. The third-order valence-corrected chi connectivity index (χ3v) is 14.0. The standard InChI is InChI=1S/2C26H28N6O5S/c1-31(19-12-14-20(37-2)15-13-19)25(33)22(16-18-8-4-3-5-9-18)28-26(34)30-38(35,36)32-24-11-7-6-10-21(24)23(17-27)29-32;1-32(19-12-14-20(37-2)15-13-19)25(33)23(16-18-8-4-3-5-9-18)28-26(34)31-38(35,36)27-17-24-21-10-6-7-11-22(21)29-30-24/h3-15,22H,16-17,27H2,1-2H3,(H2,28,30,34);3-15,23,27H,16-17H2,1-2H3,(H,29,30)(H2,28,31,34)/t22-;23-/m00/s1. The second-order valence-electron chi connectivity index (χ2n) is 16.9. The summed E-state index contributed by atoms with van der Waals surface area (Å²) in [5.41, 5.74) is 10.3. The fourth-order valence-corrected chi connectivity index (χ4v) is 9.59. The molecule has 2 heterocycles. The van der Waals surface area contributed by atoms with Gasteiger partial charge >= 0.3 is 32.5 Å². The van der Waals surface area contributed by atoms with Gasteiger partial charge in [0.1, 0.15) is 23.6 Å². The van der Waals surface area contributed by atoms with E-state index >= 15 is 0 Å². The van der Waals surface area contributed by atoms with Crippen LogP contribution in [0.2, 0.25) is 0 Å². The van der Waals surface area contributed by atoms with Crippen molar-refractivity contribution in [2.45, 2.75) is 38.0 Å². The van der Waals surface area contributed by atoms with Crippen LogP contribution in [0.15, 0.2) is 158 Å². The van der Waals surface area contributed by atoms with Gasteiger partial charge in [0.25, 0.3) is 0 Å². The number of aromatic amines is 1. The normalized spacial score (nSPS) is 12.1. The number of nitrogens with two attached hydrogens (primary N) is 1. The number of anilines is 2. The number of rotatable bonds is 19. The Morgan fingerprint density at radius 2 is 1.08 bits per heavy atom. The van der Waals surface area contributed by atoms with Gasteiger partial charge in [-0.05, 0) is 71.8 Å². The topological polar surface area (TPSA) is 294 Å². The van der Waals surface area contributed by atoms with Gasteiger partial charge in [-0.2, -0.15) is 31.8 Å². The molecule has 396 valence electrons. The van der Waals surface area contributed by atoms with Crippen molar-refractivity contribution in [2.75, 3.05) is 38.1 Å². The van der Waals surface area contributed by atoms with Crippen LogP contribution in [0.1, 0.15) is 22.5 Å². The largest absolute Gasteiger partial charge is 0.497 e. The number of fused-ring (bicyclic) bond motifs is 2. The summed E-state index contributed by atoms with van der Waals surface area (Å²) in [5, 5.41) is 17.3. The molecule has 0 bridgehead atoms. The smallest absolute Gasteiger partial charge is 0.347 e. The number of hydrogen-bond donors (Lipinski definition) is 7. The van der Waals surface area contributed by atoms with Crippen LogP contribution in [-0.2, 0) is 55.9 Å². The van der Waals surface area contributed by atoms with Crippen molar-refractivity contribution in [1.82, 2.24) is 44.2 Å². The third-order valence-electron chi connectivity index (χ3n) is 11.8. The highest BCUT2D eigenvalue weighted by Crippen LogP contribution is 2.23. The quantitative estimate of drug-likeness (QED) is 0.0581. The van der Waals surface area contributed by atoms with Crippen molar-refractivity contribution in [2.24, 2.45) is 5.73 Å². The van der Waals surface area contributed by atoms with E-state index in [1.54, 1.807) is 107 Å². The van der Waals surface area contributed by atoms with E-state index in [4.69, 9.17) is 15.2 Å². The number of nitrogens with zero attached hydrogens (tertiary/aromatic N) is 5. The molecular weight excluding hydrogens is 1020 g/mol. The molecule has 0 saturated carbocycles. The number of likely N-dealkylation sites (N-methyl/N-ethyl adjacent to an activating group) is 2.